The van der Waals surface area contributed by atoms with Crippen LogP contribution in [0.25, 0.3) is 0 Å². The number of rotatable bonds is 3. The van der Waals surface area contributed by atoms with Crippen molar-refractivity contribution in [2.75, 3.05) is 31.7 Å². The van der Waals surface area contributed by atoms with Crippen molar-refractivity contribution in [2.45, 2.75) is 0 Å². The van der Waals surface area contributed by atoms with Gasteiger partial charge in [-0.2, -0.15) is 0 Å². The monoisotopic (exact) mass is 222 g/mol. The Hall–Kier alpha value is -1.91. The average molecular weight is 222 g/mol. The van der Waals surface area contributed by atoms with Crippen molar-refractivity contribution in [3.63, 3.8) is 0 Å². The molecular weight excluding hydrogens is 208 g/mol. The van der Waals surface area contributed by atoms with Crippen molar-refractivity contribution < 1.29 is 14.3 Å². The summed E-state index contributed by atoms with van der Waals surface area (Å²) in [5.74, 6) is 1.08. The summed E-state index contributed by atoms with van der Waals surface area (Å²) in [5, 5.41) is 0. The number of hydrogen-bond acceptors (Lipinski definition) is 4. The van der Waals surface area contributed by atoms with Crippen molar-refractivity contribution in [3.05, 3.63) is 18.2 Å². The summed E-state index contributed by atoms with van der Waals surface area (Å²) in [7, 11) is 1.80. The summed E-state index contributed by atoms with van der Waals surface area (Å²) in [6.07, 6.45) is 0. The maximum Gasteiger partial charge on any atom is 0.236 e. The predicted octanol–water partition coefficient (Wildman–Crippen LogP) is 0.379. The van der Waals surface area contributed by atoms with Crippen LogP contribution in [0.4, 0.5) is 5.69 Å². The lowest BCUT2D eigenvalue weighted by Crippen LogP contribution is -2.30. The van der Waals surface area contributed by atoms with Crippen molar-refractivity contribution in [1.29, 1.82) is 0 Å². The zero-order chi connectivity index (χ0) is 11.5. The van der Waals surface area contributed by atoms with E-state index in [0.717, 1.165) is 11.4 Å². The van der Waals surface area contributed by atoms with E-state index in [-0.39, 0.29) is 12.5 Å². The van der Waals surface area contributed by atoms with Crippen molar-refractivity contribution >= 4 is 11.6 Å². The fraction of sp³-hybridized carbons (Fsp3) is 0.364. The third-order valence-electron chi connectivity index (χ3n) is 2.36. The molecular formula is C11H14N2O3. The summed E-state index contributed by atoms with van der Waals surface area (Å²) in [4.78, 5) is 12.6. The third kappa shape index (κ3) is 2.18. The number of anilines is 1. The summed E-state index contributed by atoms with van der Waals surface area (Å²) >= 11 is 0. The van der Waals surface area contributed by atoms with E-state index in [1.165, 1.54) is 0 Å². The molecule has 1 aliphatic heterocycles. The minimum absolute atomic E-state index is 0.180. The Kier molecular flexibility index (Phi) is 2.85. The summed E-state index contributed by atoms with van der Waals surface area (Å²) in [5.41, 5.74) is 6.01. The van der Waals surface area contributed by atoms with E-state index < -0.39 is 0 Å². The fourth-order valence-electron chi connectivity index (χ4n) is 1.59. The molecule has 0 unspecified atom stereocenters. The maximum atomic E-state index is 10.8. The van der Waals surface area contributed by atoms with Crippen molar-refractivity contribution in [1.82, 2.24) is 0 Å². The SMILES string of the molecule is CN(CC(N)=O)c1ccc2c(c1)OCCO2. The third-order valence-corrected chi connectivity index (χ3v) is 2.36. The number of carbonyl (C=O) groups is 1. The van der Waals surface area contributed by atoms with Gasteiger partial charge in [0.2, 0.25) is 5.91 Å². The van der Waals surface area contributed by atoms with Crippen LogP contribution in [0.15, 0.2) is 18.2 Å². The molecule has 0 bridgehead atoms. The highest BCUT2D eigenvalue weighted by atomic mass is 16.6. The van der Waals surface area contributed by atoms with Gasteiger partial charge in [-0.3, -0.25) is 4.79 Å². The normalized spacial score (nSPS) is 13.3. The van der Waals surface area contributed by atoms with Crippen LogP contribution in [0.1, 0.15) is 0 Å². The smallest absolute Gasteiger partial charge is 0.236 e. The lowest BCUT2D eigenvalue weighted by molar-refractivity contribution is -0.116. The molecule has 1 aliphatic rings. The van der Waals surface area contributed by atoms with Crippen LogP contribution < -0.4 is 20.1 Å². The maximum absolute atomic E-state index is 10.8. The standard InChI is InChI=1S/C11H14N2O3/c1-13(7-11(12)14)8-2-3-9-10(6-8)16-5-4-15-9/h2-3,6H,4-5,7H2,1H3,(H2,12,14). The van der Waals surface area contributed by atoms with E-state index in [9.17, 15) is 4.79 Å². The molecule has 2 N–H and O–H groups in total. The lowest BCUT2D eigenvalue weighted by Gasteiger charge is -2.22. The van der Waals surface area contributed by atoms with E-state index in [1.807, 2.05) is 18.2 Å². The second-order valence-corrected chi connectivity index (χ2v) is 3.65. The summed E-state index contributed by atoms with van der Waals surface area (Å²) in [6.45, 7) is 1.30. The number of primary amides is 1. The van der Waals surface area contributed by atoms with Crippen LogP contribution in [0, 0.1) is 0 Å². The van der Waals surface area contributed by atoms with E-state index in [0.29, 0.717) is 19.0 Å². The topological polar surface area (TPSA) is 64.8 Å². The van der Waals surface area contributed by atoms with Crippen LogP contribution in [0.5, 0.6) is 11.5 Å². The first-order chi connectivity index (χ1) is 7.66. The quantitative estimate of drug-likeness (QED) is 0.803. The summed E-state index contributed by atoms with van der Waals surface area (Å²) in [6, 6.07) is 5.55. The second-order valence-electron chi connectivity index (χ2n) is 3.65. The lowest BCUT2D eigenvalue weighted by atomic mass is 10.2. The van der Waals surface area contributed by atoms with Gasteiger partial charge in [0.05, 0.1) is 6.54 Å². The number of likely N-dealkylation sites (N-methyl/N-ethyl adjacent to an activating group) is 1. The van der Waals surface area contributed by atoms with Crippen LogP contribution in [-0.4, -0.2) is 32.7 Å². The van der Waals surface area contributed by atoms with Gasteiger partial charge in [-0.05, 0) is 12.1 Å². The Morgan fingerprint density at radius 3 is 2.75 bits per heavy atom. The molecule has 0 spiro atoms. The Balaban J connectivity index is 2.19. The first-order valence-corrected chi connectivity index (χ1v) is 5.06. The van der Waals surface area contributed by atoms with Gasteiger partial charge in [0.15, 0.2) is 11.5 Å². The molecule has 0 fully saturated rings. The minimum Gasteiger partial charge on any atom is -0.486 e. The minimum atomic E-state index is -0.364. The molecule has 0 aromatic heterocycles. The molecule has 16 heavy (non-hydrogen) atoms. The molecule has 0 aliphatic carbocycles. The number of nitrogens with zero attached hydrogens (tertiary/aromatic N) is 1. The highest BCUT2D eigenvalue weighted by Gasteiger charge is 2.13. The number of nitrogens with two attached hydrogens (primary N) is 1. The van der Waals surface area contributed by atoms with Crippen LogP contribution in [0.3, 0.4) is 0 Å². The van der Waals surface area contributed by atoms with Gasteiger partial charge in [-0.1, -0.05) is 0 Å². The molecule has 0 saturated carbocycles. The number of amides is 1. The number of fused-ring (bicyclic) bond motifs is 1. The van der Waals surface area contributed by atoms with E-state index in [1.54, 1.807) is 11.9 Å². The van der Waals surface area contributed by atoms with Gasteiger partial charge in [0.25, 0.3) is 0 Å². The van der Waals surface area contributed by atoms with Crippen LogP contribution >= 0.6 is 0 Å². The predicted molar refractivity (Wildman–Crippen MR) is 59.9 cm³/mol. The fourth-order valence-corrected chi connectivity index (χ4v) is 1.59. The molecule has 0 saturated heterocycles. The Morgan fingerprint density at radius 2 is 2.06 bits per heavy atom. The van der Waals surface area contributed by atoms with Crippen LogP contribution in [-0.2, 0) is 4.79 Å². The van der Waals surface area contributed by atoms with E-state index in [4.69, 9.17) is 15.2 Å². The molecule has 5 heteroatoms. The Morgan fingerprint density at radius 1 is 1.38 bits per heavy atom. The van der Waals surface area contributed by atoms with E-state index in [2.05, 4.69) is 0 Å². The molecule has 1 aromatic rings. The van der Waals surface area contributed by atoms with Crippen molar-refractivity contribution in [2.24, 2.45) is 5.73 Å². The van der Waals surface area contributed by atoms with Gasteiger partial charge >= 0.3 is 0 Å². The molecule has 1 aromatic carbocycles. The summed E-state index contributed by atoms with van der Waals surface area (Å²) < 4.78 is 10.9. The molecule has 0 radical (unpaired) electrons. The van der Waals surface area contributed by atoms with Crippen LogP contribution in [0.2, 0.25) is 0 Å². The Labute approximate surface area is 93.7 Å². The first-order valence-electron chi connectivity index (χ1n) is 5.06. The first kappa shape index (κ1) is 10.6. The van der Waals surface area contributed by atoms with Gasteiger partial charge < -0.3 is 20.1 Å². The van der Waals surface area contributed by atoms with Gasteiger partial charge in [0, 0.05) is 18.8 Å². The largest absolute Gasteiger partial charge is 0.486 e. The van der Waals surface area contributed by atoms with Gasteiger partial charge in [-0.25, -0.2) is 0 Å². The van der Waals surface area contributed by atoms with Gasteiger partial charge in [-0.15, -0.1) is 0 Å². The number of benzene rings is 1. The second kappa shape index (κ2) is 4.30. The number of carbonyl (C=O) groups excluding carboxylic acids is 1. The molecule has 2 rings (SSSR count). The molecule has 1 heterocycles. The zero-order valence-electron chi connectivity index (χ0n) is 9.10. The highest BCUT2D eigenvalue weighted by Crippen LogP contribution is 2.33. The molecule has 86 valence electrons. The average Bonchev–Trinajstić information content (AvgIpc) is 2.27. The Bertz CT molecular complexity index is 406. The molecule has 5 nitrogen and oxygen atoms in total. The number of ether oxygens (including phenoxy) is 2. The highest BCUT2D eigenvalue weighted by molar-refractivity contribution is 5.79. The van der Waals surface area contributed by atoms with Gasteiger partial charge in [0.1, 0.15) is 13.2 Å². The molecule has 1 amide bonds. The molecule has 0 atom stereocenters. The van der Waals surface area contributed by atoms with E-state index >= 15 is 0 Å². The van der Waals surface area contributed by atoms with Crippen molar-refractivity contribution in [3.8, 4) is 11.5 Å². The zero-order valence-corrected chi connectivity index (χ0v) is 9.10. The number of hydrogen-bond donors (Lipinski definition) is 1.